The van der Waals surface area contributed by atoms with Gasteiger partial charge < -0.3 is 9.26 Å². The molecule has 0 saturated carbocycles. The number of rotatable bonds is 8. The van der Waals surface area contributed by atoms with Gasteiger partial charge in [0.25, 0.3) is 0 Å². The van der Waals surface area contributed by atoms with Gasteiger partial charge in [-0.1, -0.05) is 29.4 Å². The Morgan fingerprint density at radius 1 is 1.10 bits per heavy atom. The molecule has 2 aromatic rings. The van der Waals surface area contributed by atoms with Crippen molar-refractivity contribution in [1.82, 2.24) is 19.9 Å². The molecule has 2 aliphatic rings. The Kier molecular flexibility index (Phi) is 6.95. The SMILES string of the molecule is Cc1noc(CN(CC2CCN(Cc3ccccc3C)CC2)C[C@@H]2CCCO2)n1. The van der Waals surface area contributed by atoms with Crippen LogP contribution in [0.3, 0.4) is 0 Å². The summed E-state index contributed by atoms with van der Waals surface area (Å²) in [6.07, 6.45) is 5.18. The predicted molar refractivity (Wildman–Crippen MR) is 112 cm³/mol. The number of nitrogens with zero attached hydrogens (tertiary/aromatic N) is 4. The van der Waals surface area contributed by atoms with E-state index in [4.69, 9.17) is 9.26 Å². The third-order valence-electron chi connectivity index (χ3n) is 6.29. The first-order valence-corrected chi connectivity index (χ1v) is 11.1. The van der Waals surface area contributed by atoms with E-state index in [2.05, 4.69) is 51.1 Å². The van der Waals surface area contributed by atoms with Gasteiger partial charge in [0.05, 0.1) is 12.6 Å². The molecular weight excluding hydrogens is 364 g/mol. The Morgan fingerprint density at radius 2 is 1.93 bits per heavy atom. The van der Waals surface area contributed by atoms with Crippen LogP contribution < -0.4 is 0 Å². The summed E-state index contributed by atoms with van der Waals surface area (Å²) in [5.41, 5.74) is 2.85. The van der Waals surface area contributed by atoms with Crippen molar-refractivity contribution < 1.29 is 9.26 Å². The normalized spacial score (nSPS) is 21.3. The lowest BCUT2D eigenvalue weighted by molar-refractivity contribution is 0.0529. The van der Waals surface area contributed by atoms with Gasteiger partial charge in [-0.15, -0.1) is 0 Å². The predicted octanol–water partition coefficient (Wildman–Crippen LogP) is 3.58. The molecular formula is C23H34N4O2. The zero-order chi connectivity index (χ0) is 20.1. The van der Waals surface area contributed by atoms with Crippen LogP contribution in [0.2, 0.25) is 0 Å². The number of aromatic nitrogens is 2. The molecule has 3 heterocycles. The van der Waals surface area contributed by atoms with Crippen LogP contribution in [0.15, 0.2) is 28.8 Å². The van der Waals surface area contributed by atoms with E-state index in [-0.39, 0.29) is 0 Å². The topological polar surface area (TPSA) is 54.6 Å². The van der Waals surface area contributed by atoms with Crippen molar-refractivity contribution in [2.75, 3.05) is 32.8 Å². The van der Waals surface area contributed by atoms with Gasteiger partial charge in [-0.3, -0.25) is 9.80 Å². The van der Waals surface area contributed by atoms with Crippen LogP contribution >= 0.6 is 0 Å². The Labute approximate surface area is 174 Å². The van der Waals surface area contributed by atoms with Crippen LogP contribution in [0, 0.1) is 19.8 Å². The van der Waals surface area contributed by atoms with Gasteiger partial charge in [0.15, 0.2) is 5.82 Å². The quantitative estimate of drug-likeness (QED) is 0.677. The molecule has 1 aromatic heterocycles. The monoisotopic (exact) mass is 398 g/mol. The minimum Gasteiger partial charge on any atom is -0.377 e. The molecule has 0 aliphatic carbocycles. The fourth-order valence-corrected chi connectivity index (χ4v) is 4.60. The minimum atomic E-state index is 0.347. The van der Waals surface area contributed by atoms with E-state index in [1.165, 1.54) is 43.5 Å². The van der Waals surface area contributed by atoms with Gasteiger partial charge in [-0.2, -0.15) is 4.98 Å². The Bertz CT molecular complexity index is 764. The number of aryl methyl sites for hydroxylation is 2. The van der Waals surface area contributed by atoms with Crippen molar-refractivity contribution in [1.29, 1.82) is 0 Å². The standard InChI is InChI=1S/C23H34N4O2/c1-18-6-3-4-7-21(18)15-26-11-9-20(10-12-26)14-27(16-22-8-5-13-28-22)17-23-24-19(2)25-29-23/h3-4,6-7,20,22H,5,8-17H2,1-2H3/t22-/m0/s1. The van der Waals surface area contributed by atoms with E-state index in [0.29, 0.717) is 17.8 Å². The Morgan fingerprint density at radius 3 is 2.62 bits per heavy atom. The average molecular weight is 399 g/mol. The number of ether oxygens (including phenoxy) is 1. The molecule has 0 unspecified atom stereocenters. The summed E-state index contributed by atoms with van der Waals surface area (Å²) in [5.74, 6) is 2.15. The van der Waals surface area contributed by atoms with Gasteiger partial charge in [-0.05, 0) is 69.7 Å². The first-order chi connectivity index (χ1) is 14.2. The van der Waals surface area contributed by atoms with E-state index in [1.54, 1.807) is 0 Å². The van der Waals surface area contributed by atoms with Crippen molar-refractivity contribution >= 4 is 0 Å². The molecule has 2 saturated heterocycles. The summed E-state index contributed by atoms with van der Waals surface area (Å²) >= 11 is 0. The molecule has 0 radical (unpaired) electrons. The van der Waals surface area contributed by atoms with Crippen LogP contribution in [0.5, 0.6) is 0 Å². The van der Waals surface area contributed by atoms with Gasteiger partial charge in [-0.25, -0.2) is 0 Å². The highest BCUT2D eigenvalue weighted by Gasteiger charge is 2.26. The molecule has 4 rings (SSSR count). The number of hydrogen-bond acceptors (Lipinski definition) is 6. The Hall–Kier alpha value is -1.76. The highest BCUT2D eigenvalue weighted by Crippen LogP contribution is 2.23. The van der Waals surface area contributed by atoms with E-state index in [1.807, 2.05) is 6.92 Å². The summed E-state index contributed by atoms with van der Waals surface area (Å²) in [5, 5.41) is 3.95. The molecule has 158 valence electrons. The molecule has 6 nitrogen and oxygen atoms in total. The van der Waals surface area contributed by atoms with E-state index in [9.17, 15) is 0 Å². The average Bonchev–Trinajstić information content (AvgIpc) is 3.37. The van der Waals surface area contributed by atoms with Crippen molar-refractivity contribution in [2.24, 2.45) is 5.92 Å². The zero-order valence-corrected chi connectivity index (χ0v) is 17.8. The lowest BCUT2D eigenvalue weighted by atomic mass is 9.95. The van der Waals surface area contributed by atoms with Gasteiger partial charge in [0.2, 0.25) is 5.89 Å². The van der Waals surface area contributed by atoms with Crippen LogP contribution in [-0.4, -0.2) is 58.8 Å². The molecule has 2 aliphatic heterocycles. The van der Waals surface area contributed by atoms with Gasteiger partial charge in [0, 0.05) is 26.2 Å². The third-order valence-corrected chi connectivity index (χ3v) is 6.29. The van der Waals surface area contributed by atoms with Crippen LogP contribution in [-0.2, 0) is 17.8 Å². The molecule has 0 amide bonds. The molecule has 1 atom stereocenters. The number of benzene rings is 1. The molecule has 0 bridgehead atoms. The van der Waals surface area contributed by atoms with Crippen LogP contribution in [0.1, 0.15) is 48.5 Å². The molecule has 6 heteroatoms. The molecule has 1 aromatic carbocycles. The summed E-state index contributed by atoms with van der Waals surface area (Å²) in [4.78, 5) is 9.50. The highest BCUT2D eigenvalue weighted by atomic mass is 16.5. The molecule has 0 spiro atoms. The second kappa shape index (κ2) is 9.83. The minimum absolute atomic E-state index is 0.347. The van der Waals surface area contributed by atoms with Gasteiger partial charge in [0.1, 0.15) is 0 Å². The van der Waals surface area contributed by atoms with Crippen molar-refractivity contribution in [3.63, 3.8) is 0 Å². The smallest absolute Gasteiger partial charge is 0.240 e. The molecule has 2 fully saturated rings. The number of likely N-dealkylation sites (tertiary alicyclic amines) is 1. The molecule has 0 N–H and O–H groups in total. The Balaban J connectivity index is 1.30. The lowest BCUT2D eigenvalue weighted by Gasteiger charge is -2.35. The van der Waals surface area contributed by atoms with Crippen molar-refractivity contribution in [2.45, 2.75) is 58.7 Å². The first-order valence-electron chi connectivity index (χ1n) is 11.1. The second-order valence-electron chi connectivity index (χ2n) is 8.71. The largest absolute Gasteiger partial charge is 0.377 e. The van der Waals surface area contributed by atoms with Crippen molar-refractivity contribution in [3.8, 4) is 0 Å². The number of piperidine rings is 1. The van der Waals surface area contributed by atoms with Gasteiger partial charge >= 0.3 is 0 Å². The van der Waals surface area contributed by atoms with E-state index >= 15 is 0 Å². The second-order valence-corrected chi connectivity index (χ2v) is 8.71. The summed E-state index contributed by atoms with van der Waals surface area (Å²) < 4.78 is 11.3. The summed E-state index contributed by atoms with van der Waals surface area (Å²) in [6, 6.07) is 8.75. The maximum Gasteiger partial charge on any atom is 0.240 e. The zero-order valence-electron chi connectivity index (χ0n) is 17.8. The first kappa shape index (κ1) is 20.5. The molecule has 29 heavy (non-hydrogen) atoms. The van der Waals surface area contributed by atoms with Crippen LogP contribution in [0.25, 0.3) is 0 Å². The van der Waals surface area contributed by atoms with E-state index in [0.717, 1.165) is 45.1 Å². The maximum atomic E-state index is 5.89. The summed E-state index contributed by atoms with van der Waals surface area (Å²) in [7, 11) is 0. The number of hydrogen-bond donors (Lipinski definition) is 0. The van der Waals surface area contributed by atoms with E-state index < -0.39 is 0 Å². The highest BCUT2D eigenvalue weighted by molar-refractivity contribution is 5.25. The fourth-order valence-electron chi connectivity index (χ4n) is 4.60. The lowest BCUT2D eigenvalue weighted by Crippen LogP contribution is -2.40. The third kappa shape index (κ3) is 5.87. The fraction of sp³-hybridized carbons (Fsp3) is 0.652. The van der Waals surface area contributed by atoms with Crippen LogP contribution in [0.4, 0.5) is 0 Å². The maximum absolute atomic E-state index is 5.89. The summed E-state index contributed by atoms with van der Waals surface area (Å²) in [6.45, 7) is 11.2. The van der Waals surface area contributed by atoms with Crippen molar-refractivity contribution in [3.05, 3.63) is 47.1 Å².